The molecule has 0 aliphatic rings. The van der Waals surface area contributed by atoms with Crippen molar-refractivity contribution in [1.29, 1.82) is 0 Å². The molecule has 18 heavy (non-hydrogen) atoms. The predicted molar refractivity (Wildman–Crippen MR) is 74.5 cm³/mol. The van der Waals surface area contributed by atoms with Crippen LogP contribution in [0.3, 0.4) is 0 Å². The summed E-state index contributed by atoms with van der Waals surface area (Å²) in [6.45, 7) is 13.9. The zero-order chi connectivity index (χ0) is 14.0. The molecule has 0 aromatic carbocycles. The average molecular weight is 253 g/mol. The van der Waals surface area contributed by atoms with Crippen molar-refractivity contribution < 1.29 is 5.11 Å². The van der Waals surface area contributed by atoms with E-state index in [1.165, 1.54) is 5.56 Å². The van der Waals surface area contributed by atoms with Crippen molar-refractivity contribution in [2.24, 2.45) is 5.41 Å². The van der Waals surface area contributed by atoms with Gasteiger partial charge in [-0.25, -0.2) is 0 Å². The van der Waals surface area contributed by atoms with Crippen LogP contribution in [0.5, 0.6) is 0 Å². The van der Waals surface area contributed by atoms with Crippen molar-refractivity contribution in [1.82, 2.24) is 15.5 Å². The lowest BCUT2D eigenvalue weighted by atomic mass is 9.88. The number of hydrogen-bond donors (Lipinski definition) is 3. The second-order valence-corrected chi connectivity index (χ2v) is 7.03. The molecule has 1 atom stereocenters. The topological polar surface area (TPSA) is 60.9 Å². The van der Waals surface area contributed by atoms with Crippen molar-refractivity contribution in [3.05, 3.63) is 17.5 Å². The van der Waals surface area contributed by atoms with Crippen LogP contribution in [-0.4, -0.2) is 28.0 Å². The van der Waals surface area contributed by atoms with Crippen LogP contribution in [0.4, 0.5) is 0 Å². The van der Waals surface area contributed by atoms with Gasteiger partial charge in [0.25, 0.3) is 0 Å². The van der Waals surface area contributed by atoms with Gasteiger partial charge >= 0.3 is 0 Å². The van der Waals surface area contributed by atoms with Gasteiger partial charge in [-0.05, 0) is 5.41 Å². The van der Waals surface area contributed by atoms with E-state index in [1.54, 1.807) is 0 Å². The molecule has 1 aromatic heterocycles. The van der Waals surface area contributed by atoms with E-state index in [0.29, 0.717) is 6.54 Å². The van der Waals surface area contributed by atoms with E-state index in [1.807, 2.05) is 27.0 Å². The van der Waals surface area contributed by atoms with Gasteiger partial charge in [-0.1, -0.05) is 41.5 Å². The monoisotopic (exact) mass is 253 g/mol. The van der Waals surface area contributed by atoms with Crippen molar-refractivity contribution in [2.75, 3.05) is 6.54 Å². The third kappa shape index (κ3) is 4.10. The standard InChI is InChI=1S/C14H27N3O/c1-13(2,3)11(18)9-15-7-10-8-16-17-12(10)14(4,5)6/h8,11,15,18H,7,9H2,1-6H3,(H,16,17). The maximum absolute atomic E-state index is 9.96. The zero-order valence-electron chi connectivity index (χ0n) is 12.5. The lowest BCUT2D eigenvalue weighted by Crippen LogP contribution is -2.36. The van der Waals surface area contributed by atoms with E-state index < -0.39 is 0 Å². The van der Waals surface area contributed by atoms with Crippen LogP contribution in [0, 0.1) is 5.41 Å². The smallest absolute Gasteiger partial charge is 0.0712 e. The molecule has 0 radical (unpaired) electrons. The number of hydrogen-bond acceptors (Lipinski definition) is 3. The van der Waals surface area contributed by atoms with Gasteiger partial charge in [0.2, 0.25) is 0 Å². The summed E-state index contributed by atoms with van der Waals surface area (Å²) in [5, 5.41) is 20.4. The van der Waals surface area contributed by atoms with Gasteiger partial charge in [0.1, 0.15) is 0 Å². The number of nitrogens with one attached hydrogen (secondary N) is 2. The number of rotatable bonds is 4. The number of aliphatic hydroxyl groups is 1. The second kappa shape index (κ2) is 5.41. The highest BCUT2D eigenvalue weighted by molar-refractivity contribution is 5.23. The minimum absolute atomic E-state index is 0.0656. The molecule has 1 aromatic rings. The van der Waals surface area contributed by atoms with E-state index in [0.717, 1.165) is 12.2 Å². The average Bonchev–Trinajstić information content (AvgIpc) is 2.63. The lowest BCUT2D eigenvalue weighted by Gasteiger charge is -2.26. The number of H-pyrrole nitrogens is 1. The fraction of sp³-hybridized carbons (Fsp3) is 0.786. The second-order valence-electron chi connectivity index (χ2n) is 7.03. The molecule has 0 fully saturated rings. The van der Waals surface area contributed by atoms with E-state index in [2.05, 4.69) is 36.3 Å². The van der Waals surface area contributed by atoms with Gasteiger partial charge in [0, 0.05) is 29.8 Å². The third-order valence-electron chi connectivity index (χ3n) is 3.12. The highest BCUT2D eigenvalue weighted by Gasteiger charge is 2.23. The maximum Gasteiger partial charge on any atom is 0.0712 e. The van der Waals surface area contributed by atoms with Crippen LogP contribution in [0.1, 0.15) is 52.8 Å². The Hall–Kier alpha value is -0.870. The summed E-state index contributed by atoms with van der Waals surface area (Å²) >= 11 is 0. The van der Waals surface area contributed by atoms with Crippen molar-refractivity contribution in [3.8, 4) is 0 Å². The molecule has 0 spiro atoms. The Morgan fingerprint density at radius 3 is 2.39 bits per heavy atom. The number of aromatic amines is 1. The number of aliphatic hydroxyl groups excluding tert-OH is 1. The SMILES string of the molecule is CC(C)(C)c1[nH]ncc1CNCC(O)C(C)(C)C. The van der Waals surface area contributed by atoms with Gasteiger partial charge < -0.3 is 10.4 Å². The summed E-state index contributed by atoms with van der Waals surface area (Å²) in [6.07, 6.45) is 1.51. The van der Waals surface area contributed by atoms with E-state index in [-0.39, 0.29) is 16.9 Å². The van der Waals surface area contributed by atoms with Crippen LogP contribution in [0.25, 0.3) is 0 Å². The van der Waals surface area contributed by atoms with E-state index >= 15 is 0 Å². The Labute approximate surface area is 110 Å². The van der Waals surface area contributed by atoms with Gasteiger partial charge in [0.15, 0.2) is 0 Å². The normalized spacial score (nSPS) is 14.8. The van der Waals surface area contributed by atoms with Crippen LogP contribution in [0.15, 0.2) is 6.20 Å². The molecule has 0 saturated heterocycles. The molecule has 0 bridgehead atoms. The first-order chi connectivity index (χ1) is 8.12. The first-order valence-corrected chi connectivity index (χ1v) is 6.54. The zero-order valence-corrected chi connectivity index (χ0v) is 12.5. The molecular formula is C14H27N3O. The third-order valence-corrected chi connectivity index (χ3v) is 3.12. The van der Waals surface area contributed by atoms with Gasteiger partial charge in [-0.3, -0.25) is 5.10 Å². The number of aromatic nitrogens is 2. The summed E-state index contributed by atoms with van der Waals surface area (Å²) in [5.74, 6) is 0. The summed E-state index contributed by atoms with van der Waals surface area (Å²) in [4.78, 5) is 0. The summed E-state index contributed by atoms with van der Waals surface area (Å²) in [6, 6.07) is 0. The van der Waals surface area contributed by atoms with Crippen molar-refractivity contribution in [3.63, 3.8) is 0 Å². The summed E-state index contributed by atoms with van der Waals surface area (Å²) in [7, 11) is 0. The molecule has 4 nitrogen and oxygen atoms in total. The molecule has 3 N–H and O–H groups in total. The molecule has 1 heterocycles. The molecule has 1 unspecified atom stereocenters. The molecular weight excluding hydrogens is 226 g/mol. The van der Waals surface area contributed by atoms with Gasteiger partial charge in [0.05, 0.1) is 12.3 Å². The lowest BCUT2D eigenvalue weighted by molar-refractivity contribution is 0.0627. The Kier molecular flexibility index (Phi) is 4.56. The van der Waals surface area contributed by atoms with E-state index in [4.69, 9.17) is 0 Å². The minimum atomic E-state index is -0.345. The van der Waals surface area contributed by atoms with Crippen LogP contribution in [0.2, 0.25) is 0 Å². The minimum Gasteiger partial charge on any atom is -0.391 e. The molecule has 104 valence electrons. The fourth-order valence-corrected chi connectivity index (χ4v) is 1.74. The van der Waals surface area contributed by atoms with Gasteiger partial charge in [-0.15, -0.1) is 0 Å². The summed E-state index contributed by atoms with van der Waals surface area (Å²) < 4.78 is 0. The Bertz CT molecular complexity index is 371. The molecule has 0 saturated carbocycles. The Morgan fingerprint density at radius 1 is 1.28 bits per heavy atom. The van der Waals surface area contributed by atoms with Crippen LogP contribution in [-0.2, 0) is 12.0 Å². The Balaban J connectivity index is 2.53. The van der Waals surface area contributed by atoms with Crippen molar-refractivity contribution in [2.45, 2.75) is 59.6 Å². The fourth-order valence-electron chi connectivity index (χ4n) is 1.74. The molecule has 1 rings (SSSR count). The molecule has 0 amide bonds. The summed E-state index contributed by atoms with van der Waals surface area (Å²) in [5.41, 5.74) is 2.30. The highest BCUT2D eigenvalue weighted by atomic mass is 16.3. The Morgan fingerprint density at radius 2 is 1.89 bits per heavy atom. The first-order valence-electron chi connectivity index (χ1n) is 6.54. The van der Waals surface area contributed by atoms with Crippen LogP contribution < -0.4 is 5.32 Å². The van der Waals surface area contributed by atoms with Gasteiger partial charge in [-0.2, -0.15) is 5.10 Å². The maximum atomic E-state index is 9.96. The predicted octanol–water partition coefficient (Wildman–Crippen LogP) is 2.20. The van der Waals surface area contributed by atoms with E-state index in [9.17, 15) is 5.11 Å². The molecule has 0 aliphatic carbocycles. The quantitative estimate of drug-likeness (QED) is 0.771. The molecule has 0 aliphatic heterocycles. The number of nitrogens with zero attached hydrogens (tertiary/aromatic N) is 1. The largest absolute Gasteiger partial charge is 0.391 e. The molecule has 4 heteroatoms. The van der Waals surface area contributed by atoms with Crippen molar-refractivity contribution >= 4 is 0 Å². The highest BCUT2D eigenvalue weighted by Crippen LogP contribution is 2.23. The van der Waals surface area contributed by atoms with Crippen LogP contribution >= 0.6 is 0 Å². The first kappa shape index (κ1) is 15.2.